The summed E-state index contributed by atoms with van der Waals surface area (Å²) in [5, 5.41) is 4.59. The molecule has 1 aliphatic heterocycles. The van der Waals surface area contributed by atoms with Crippen molar-refractivity contribution in [3.05, 3.63) is 28.6 Å². The summed E-state index contributed by atoms with van der Waals surface area (Å²) in [7, 11) is 0. The Morgan fingerprint density at radius 2 is 2.35 bits per heavy atom. The third kappa shape index (κ3) is 1.98. The zero-order valence-electron chi connectivity index (χ0n) is 9.80. The smallest absolute Gasteiger partial charge is 0.168 e. The van der Waals surface area contributed by atoms with Crippen molar-refractivity contribution >= 4 is 21.6 Å². The Hall–Kier alpha value is -0.940. The molecule has 90 valence electrons. The lowest BCUT2D eigenvalue weighted by Gasteiger charge is -2.19. The Balaban J connectivity index is 2.00. The van der Waals surface area contributed by atoms with Crippen LogP contribution < -0.4 is 0 Å². The summed E-state index contributed by atoms with van der Waals surface area (Å²) >= 11 is 3.45. The number of nitrogens with zero attached hydrogens (tertiary/aromatic N) is 4. The van der Waals surface area contributed by atoms with Crippen LogP contribution >= 0.6 is 15.9 Å². The van der Waals surface area contributed by atoms with Crippen LogP contribution in [0.4, 0.5) is 0 Å². The molecule has 5 heteroatoms. The molecule has 0 radical (unpaired) electrons. The maximum Gasteiger partial charge on any atom is 0.168 e. The van der Waals surface area contributed by atoms with Crippen molar-refractivity contribution in [2.45, 2.75) is 25.8 Å². The molecule has 0 saturated carbocycles. The normalized spacial score (nSPS) is 21.4. The number of rotatable bonds is 2. The van der Waals surface area contributed by atoms with Crippen LogP contribution in [0.25, 0.3) is 5.65 Å². The van der Waals surface area contributed by atoms with Gasteiger partial charge in [-0.05, 0) is 54.0 Å². The van der Waals surface area contributed by atoms with Crippen molar-refractivity contribution in [1.82, 2.24) is 19.5 Å². The van der Waals surface area contributed by atoms with Gasteiger partial charge >= 0.3 is 0 Å². The third-order valence-electron chi connectivity index (χ3n) is 3.38. The molecule has 1 unspecified atom stereocenters. The summed E-state index contributed by atoms with van der Waals surface area (Å²) in [6, 6.07) is 4.39. The molecule has 3 rings (SSSR count). The van der Waals surface area contributed by atoms with E-state index >= 15 is 0 Å². The van der Waals surface area contributed by atoms with E-state index in [4.69, 9.17) is 0 Å². The predicted molar refractivity (Wildman–Crippen MR) is 69.9 cm³/mol. The lowest BCUT2D eigenvalue weighted by Crippen LogP contribution is -2.23. The number of pyridine rings is 1. The Bertz CT molecular complexity index is 536. The van der Waals surface area contributed by atoms with E-state index in [1.54, 1.807) is 0 Å². The average Bonchev–Trinajstić information content (AvgIpc) is 2.93. The maximum absolute atomic E-state index is 4.62. The molecule has 0 N–H and O–H groups in total. The number of fused-ring (bicyclic) bond motifs is 1. The van der Waals surface area contributed by atoms with Crippen LogP contribution in [-0.4, -0.2) is 32.6 Å². The number of likely N-dealkylation sites (tertiary alicyclic amines) is 1. The van der Waals surface area contributed by atoms with Gasteiger partial charge in [0.1, 0.15) is 0 Å². The summed E-state index contributed by atoms with van der Waals surface area (Å²) in [5.74, 6) is 0.961. The quantitative estimate of drug-likeness (QED) is 0.854. The number of halogens is 1. The van der Waals surface area contributed by atoms with Gasteiger partial charge in [0.2, 0.25) is 0 Å². The minimum atomic E-state index is 0.402. The van der Waals surface area contributed by atoms with E-state index in [0.29, 0.717) is 6.04 Å². The van der Waals surface area contributed by atoms with Gasteiger partial charge in [-0.2, -0.15) is 0 Å². The van der Waals surface area contributed by atoms with Crippen molar-refractivity contribution < 1.29 is 0 Å². The van der Waals surface area contributed by atoms with E-state index < -0.39 is 0 Å². The Kier molecular flexibility index (Phi) is 2.88. The van der Waals surface area contributed by atoms with Gasteiger partial charge in [-0.15, -0.1) is 5.10 Å². The minimum absolute atomic E-state index is 0.402. The highest BCUT2D eigenvalue weighted by atomic mass is 79.9. The van der Waals surface area contributed by atoms with Crippen molar-refractivity contribution in [3.8, 4) is 0 Å². The molecular formula is C12H15BrN4. The van der Waals surface area contributed by atoms with Crippen molar-refractivity contribution in [2.24, 2.45) is 0 Å². The van der Waals surface area contributed by atoms with Gasteiger partial charge < -0.3 is 0 Å². The molecule has 1 saturated heterocycles. The van der Waals surface area contributed by atoms with E-state index in [2.05, 4.69) is 37.8 Å². The molecule has 2 aromatic heterocycles. The van der Waals surface area contributed by atoms with E-state index in [-0.39, 0.29) is 0 Å². The van der Waals surface area contributed by atoms with Crippen LogP contribution in [0.1, 0.15) is 31.6 Å². The lowest BCUT2D eigenvalue weighted by atomic mass is 10.2. The number of aromatic nitrogens is 3. The summed E-state index contributed by atoms with van der Waals surface area (Å²) in [6.45, 7) is 4.44. The Morgan fingerprint density at radius 1 is 1.47 bits per heavy atom. The van der Waals surface area contributed by atoms with Gasteiger partial charge in [-0.3, -0.25) is 4.90 Å². The summed E-state index contributed by atoms with van der Waals surface area (Å²) in [5.41, 5.74) is 0.922. The second kappa shape index (κ2) is 4.38. The fourth-order valence-corrected chi connectivity index (χ4v) is 2.84. The summed E-state index contributed by atoms with van der Waals surface area (Å²) in [4.78, 5) is 7.07. The van der Waals surface area contributed by atoms with Gasteiger partial charge in [-0.1, -0.05) is 6.92 Å². The van der Waals surface area contributed by atoms with E-state index in [1.807, 2.05) is 22.8 Å². The maximum atomic E-state index is 4.62. The predicted octanol–water partition coefficient (Wildman–Crippen LogP) is 2.65. The van der Waals surface area contributed by atoms with Crippen molar-refractivity contribution in [1.29, 1.82) is 0 Å². The van der Waals surface area contributed by atoms with Crippen LogP contribution in [0.5, 0.6) is 0 Å². The van der Waals surface area contributed by atoms with Crippen LogP contribution in [0.2, 0.25) is 0 Å². The molecular weight excluding hydrogens is 280 g/mol. The number of hydrogen-bond acceptors (Lipinski definition) is 3. The molecule has 0 bridgehead atoms. The molecule has 4 nitrogen and oxygen atoms in total. The molecule has 17 heavy (non-hydrogen) atoms. The second-order valence-electron chi connectivity index (χ2n) is 4.41. The van der Waals surface area contributed by atoms with Gasteiger partial charge in [0.05, 0.1) is 6.04 Å². The van der Waals surface area contributed by atoms with Crippen LogP contribution in [0.3, 0.4) is 0 Å². The van der Waals surface area contributed by atoms with E-state index in [9.17, 15) is 0 Å². The zero-order chi connectivity index (χ0) is 11.8. The topological polar surface area (TPSA) is 33.4 Å². The zero-order valence-corrected chi connectivity index (χ0v) is 11.4. The standard InChI is InChI=1S/C12H15BrN4/c1-2-16-7-3-4-10(16)12-14-11-6-5-9(13)8-17(11)15-12/h5-6,8,10H,2-4,7H2,1H3. The molecule has 0 amide bonds. The highest BCUT2D eigenvalue weighted by molar-refractivity contribution is 9.10. The highest BCUT2D eigenvalue weighted by Gasteiger charge is 2.27. The van der Waals surface area contributed by atoms with Gasteiger partial charge in [0.25, 0.3) is 0 Å². The molecule has 3 heterocycles. The molecule has 2 aromatic rings. The van der Waals surface area contributed by atoms with Crippen LogP contribution in [-0.2, 0) is 0 Å². The first-order valence-corrected chi connectivity index (χ1v) is 6.83. The minimum Gasteiger partial charge on any atom is -0.294 e. The monoisotopic (exact) mass is 294 g/mol. The molecule has 1 fully saturated rings. The van der Waals surface area contributed by atoms with Crippen LogP contribution in [0, 0.1) is 0 Å². The fourth-order valence-electron chi connectivity index (χ4n) is 2.51. The highest BCUT2D eigenvalue weighted by Crippen LogP contribution is 2.29. The van der Waals surface area contributed by atoms with Gasteiger partial charge in [0, 0.05) is 10.7 Å². The molecule has 0 spiro atoms. The Morgan fingerprint density at radius 3 is 3.18 bits per heavy atom. The van der Waals surface area contributed by atoms with E-state index in [0.717, 1.165) is 22.5 Å². The lowest BCUT2D eigenvalue weighted by molar-refractivity contribution is 0.262. The summed E-state index contributed by atoms with van der Waals surface area (Å²) < 4.78 is 2.88. The van der Waals surface area contributed by atoms with Gasteiger partial charge in [-0.25, -0.2) is 9.50 Å². The first-order valence-electron chi connectivity index (χ1n) is 6.04. The molecule has 1 atom stereocenters. The van der Waals surface area contributed by atoms with Gasteiger partial charge in [0.15, 0.2) is 11.5 Å². The SMILES string of the molecule is CCN1CCCC1c1nc2ccc(Br)cn2n1. The largest absolute Gasteiger partial charge is 0.294 e. The molecule has 0 aromatic carbocycles. The third-order valence-corrected chi connectivity index (χ3v) is 3.85. The Labute approximate surface area is 109 Å². The van der Waals surface area contributed by atoms with E-state index in [1.165, 1.54) is 19.4 Å². The molecule has 0 aliphatic carbocycles. The van der Waals surface area contributed by atoms with Crippen LogP contribution in [0.15, 0.2) is 22.8 Å². The molecule has 1 aliphatic rings. The second-order valence-corrected chi connectivity index (χ2v) is 5.32. The van der Waals surface area contributed by atoms with Crippen molar-refractivity contribution in [2.75, 3.05) is 13.1 Å². The number of hydrogen-bond donors (Lipinski definition) is 0. The first kappa shape index (κ1) is 11.2. The fraction of sp³-hybridized carbons (Fsp3) is 0.500. The van der Waals surface area contributed by atoms with Crippen molar-refractivity contribution in [3.63, 3.8) is 0 Å². The first-order chi connectivity index (χ1) is 8.28. The average molecular weight is 295 g/mol. The summed E-state index contributed by atoms with van der Waals surface area (Å²) in [6.07, 6.45) is 4.38.